The fourth-order valence-electron chi connectivity index (χ4n) is 1.34. The number of hydrogen-bond donors (Lipinski definition) is 2. The summed E-state index contributed by atoms with van der Waals surface area (Å²) in [5.74, 6) is 1.67. The molecule has 1 aromatic heterocycles. The average Bonchev–Trinajstić information content (AvgIpc) is 2.13. The van der Waals surface area contributed by atoms with Crippen LogP contribution in [0.1, 0.15) is 6.42 Å². The molecule has 1 aliphatic rings. The number of nitrogens with zero attached hydrogens (tertiary/aromatic N) is 3. The van der Waals surface area contributed by atoms with Crippen LogP contribution in [0.2, 0.25) is 0 Å². The predicted molar refractivity (Wildman–Crippen MR) is 56.4 cm³/mol. The fraction of sp³-hybridized carbons (Fsp3) is 0.556. The standard InChI is InChI=1S/C9H15N5/c10-3-5-12-9-11-4-2-8(13-9)14-6-1-7-14/h2,4H,1,3,5-7,10H2,(H,11,12,13). The molecule has 0 aromatic carbocycles. The molecule has 0 amide bonds. The van der Waals surface area contributed by atoms with Crippen LogP contribution in [0.5, 0.6) is 0 Å². The van der Waals surface area contributed by atoms with Crippen molar-refractivity contribution in [2.45, 2.75) is 6.42 Å². The first-order chi connectivity index (χ1) is 6.90. The lowest BCUT2D eigenvalue weighted by molar-refractivity contribution is 0.609. The van der Waals surface area contributed by atoms with Crippen molar-refractivity contribution < 1.29 is 0 Å². The molecule has 2 heterocycles. The van der Waals surface area contributed by atoms with Crippen LogP contribution < -0.4 is 16.0 Å². The van der Waals surface area contributed by atoms with Crippen molar-refractivity contribution in [2.75, 3.05) is 36.4 Å². The van der Waals surface area contributed by atoms with Crippen LogP contribution in [0.4, 0.5) is 11.8 Å². The van der Waals surface area contributed by atoms with Crippen molar-refractivity contribution >= 4 is 11.8 Å². The van der Waals surface area contributed by atoms with Crippen molar-refractivity contribution in [3.63, 3.8) is 0 Å². The molecule has 0 saturated carbocycles. The zero-order chi connectivity index (χ0) is 9.80. The van der Waals surface area contributed by atoms with Crippen molar-refractivity contribution in [3.8, 4) is 0 Å². The highest BCUT2D eigenvalue weighted by Gasteiger charge is 2.15. The molecule has 0 atom stereocenters. The van der Waals surface area contributed by atoms with Gasteiger partial charge in [-0.3, -0.25) is 0 Å². The molecule has 0 radical (unpaired) electrons. The quantitative estimate of drug-likeness (QED) is 0.707. The molecule has 3 N–H and O–H groups in total. The third-order valence-corrected chi connectivity index (χ3v) is 2.25. The van der Waals surface area contributed by atoms with Gasteiger partial charge in [-0.1, -0.05) is 0 Å². The van der Waals surface area contributed by atoms with Crippen molar-refractivity contribution in [1.29, 1.82) is 0 Å². The fourth-order valence-corrected chi connectivity index (χ4v) is 1.34. The van der Waals surface area contributed by atoms with Gasteiger partial charge in [0.1, 0.15) is 5.82 Å². The zero-order valence-electron chi connectivity index (χ0n) is 8.11. The van der Waals surface area contributed by atoms with Gasteiger partial charge in [-0.05, 0) is 12.5 Å². The topological polar surface area (TPSA) is 67.1 Å². The minimum absolute atomic E-state index is 0.595. The van der Waals surface area contributed by atoms with E-state index in [2.05, 4.69) is 20.2 Å². The Morgan fingerprint density at radius 2 is 2.36 bits per heavy atom. The van der Waals surface area contributed by atoms with Crippen LogP contribution in [0.25, 0.3) is 0 Å². The minimum Gasteiger partial charge on any atom is -0.356 e. The van der Waals surface area contributed by atoms with E-state index >= 15 is 0 Å². The molecule has 0 spiro atoms. The molecule has 2 rings (SSSR count). The first kappa shape index (κ1) is 9.21. The summed E-state index contributed by atoms with van der Waals surface area (Å²) in [4.78, 5) is 10.7. The smallest absolute Gasteiger partial charge is 0.224 e. The van der Waals surface area contributed by atoms with E-state index in [9.17, 15) is 0 Å². The maximum Gasteiger partial charge on any atom is 0.224 e. The Morgan fingerprint density at radius 1 is 1.50 bits per heavy atom. The van der Waals surface area contributed by atoms with Crippen LogP contribution in [0, 0.1) is 0 Å². The second-order valence-electron chi connectivity index (χ2n) is 3.29. The molecule has 1 aromatic rings. The number of anilines is 2. The largest absolute Gasteiger partial charge is 0.356 e. The van der Waals surface area contributed by atoms with E-state index in [1.165, 1.54) is 6.42 Å². The van der Waals surface area contributed by atoms with E-state index in [1.807, 2.05) is 6.07 Å². The van der Waals surface area contributed by atoms with Gasteiger partial charge in [-0.2, -0.15) is 4.98 Å². The lowest BCUT2D eigenvalue weighted by atomic mass is 10.2. The zero-order valence-corrected chi connectivity index (χ0v) is 8.11. The monoisotopic (exact) mass is 193 g/mol. The summed E-state index contributed by atoms with van der Waals surface area (Å²) in [6, 6.07) is 1.94. The van der Waals surface area contributed by atoms with Crippen LogP contribution >= 0.6 is 0 Å². The summed E-state index contributed by atoms with van der Waals surface area (Å²) in [6.45, 7) is 3.52. The Morgan fingerprint density at radius 3 is 3.00 bits per heavy atom. The maximum absolute atomic E-state index is 5.38. The Bertz CT molecular complexity index is 297. The molecule has 1 saturated heterocycles. The van der Waals surface area contributed by atoms with Gasteiger partial charge in [0, 0.05) is 32.4 Å². The van der Waals surface area contributed by atoms with Crippen molar-refractivity contribution in [2.24, 2.45) is 5.73 Å². The number of rotatable bonds is 4. The molecular formula is C9H15N5. The molecule has 0 unspecified atom stereocenters. The van der Waals surface area contributed by atoms with Gasteiger partial charge in [-0.15, -0.1) is 0 Å². The van der Waals surface area contributed by atoms with Gasteiger partial charge in [0.15, 0.2) is 0 Å². The lowest BCUT2D eigenvalue weighted by Crippen LogP contribution is -2.37. The molecule has 1 aliphatic heterocycles. The third kappa shape index (κ3) is 1.93. The van der Waals surface area contributed by atoms with Crippen LogP contribution in [0.3, 0.4) is 0 Å². The predicted octanol–water partition coefficient (Wildman–Crippen LogP) is 0.0573. The normalized spacial score (nSPS) is 15.1. The first-order valence-corrected chi connectivity index (χ1v) is 4.92. The second kappa shape index (κ2) is 4.23. The molecule has 5 heteroatoms. The number of aromatic nitrogens is 2. The van der Waals surface area contributed by atoms with E-state index in [4.69, 9.17) is 5.73 Å². The molecule has 76 valence electrons. The first-order valence-electron chi connectivity index (χ1n) is 4.92. The van der Waals surface area contributed by atoms with Gasteiger partial charge in [-0.25, -0.2) is 4.98 Å². The van der Waals surface area contributed by atoms with E-state index in [-0.39, 0.29) is 0 Å². The summed E-state index contributed by atoms with van der Waals surface area (Å²) in [6.07, 6.45) is 3.04. The number of nitrogens with one attached hydrogen (secondary N) is 1. The van der Waals surface area contributed by atoms with Gasteiger partial charge in [0.05, 0.1) is 0 Å². The molecule has 0 aliphatic carbocycles. The van der Waals surface area contributed by atoms with Crippen molar-refractivity contribution in [1.82, 2.24) is 9.97 Å². The Labute approximate surface area is 83.3 Å². The SMILES string of the molecule is NCCNc1nccc(N2CCC2)n1. The summed E-state index contributed by atoms with van der Waals surface area (Å²) in [5.41, 5.74) is 5.38. The van der Waals surface area contributed by atoms with Gasteiger partial charge >= 0.3 is 0 Å². The number of hydrogen-bond acceptors (Lipinski definition) is 5. The summed E-state index contributed by atoms with van der Waals surface area (Å²) in [5, 5.41) is 3.06. The van der Waals surface area contributed by atoms with Crippen LogP contribution in [-0.2, 0) is 0 Å². The molecule has 14 heavy (non-hydrogen) atoms. The Balaban J connectivity index is 2.02. The molecule has 5 nitrogen and oxygen atoms in total. The highest BCUT2D eigenvalue weighted by atomic mass is 15.3. The Hall–Kier alpha value is -1.36. The van der Waals surface area contributed by atoms with Crippen LogP contribution in [0.15, 0.2) is 12.3 Å². The second-order valence-corrected chi connectivity index (χ2v) is 3.29. The molecular weight excluding hydrogens is 178 g/mol. The maximum atomic E-state index is 5.38. The number of nitrogens with two attached hydrogens (primary N) is 1. The Kier molecular flexibility index (Phi) is 2.78. The van der Waals surface area contributed by atoms with E-state index in [1.54, 1.807) is 6.20 Å². The molecule has 0 bridgehead atoms. The highest BCUT2D eigenvalue weighted by Crippen LogP contribution is 2.17. The lowest BCUT2D eigenvalue weighted by Gasteiger charge is -2.31. The van der Waals surface area contributed by atoms with Crippen LogP contribution in [-0.4, -0.2) is 36.1 Å². The van der Waals surface area contributed by atoms with E-state index in [0.29, 0.717) is 19.0 Å². The summed E-state index contributed by atoms with van der Waals surface area (Å²) < 4.78 is 0. The van der Waals surface area contributed by atoms with E-state index < -0.39 is 0 Å². The van der Waals surface area contributed by atoms with Gasteiger partial charge in [0.25, 0.3) is 0 Å². The van der Waals surface area contributed by atoms with E-state index in [0.717, 1.165) is 18.9 Å². The minimum atomic E-state index is 0.595. The van der Waals surface area contributed by atoms with Gasteiger partial charge in [0.2, 0.25) is 5.95 Å². The average molecular weight is 193 g/mol. The molecule has 1 fully saturated rings. The summed E-state index contributed by atoms with van der Waals surface area (Å²) in [7, 11) is 0. The van der Waals surface area contributed by atoms with Gasteiger partial charge < -0.3 is 16.0 Å². The van der Waals surface area contributed by atoms with Crippen molar-refractivity contribution in [3.05, 3.63) is 12.3 Å². The summed E-state index contributed by atoms with van der Waals surface area (Å²) >= 11 is 0. The third-order valence-electron chi connectivity index (χ3n) is 2.25. The highest BCUT2D eigenvalue weighted by molar-refractivity contribution is 5.44.